The van der Waals surface area contributed by atoms with Gasteiger partial charge in [0.15, 0.2) is 5.11 Å². The molecule has 1 aromatic carbocycles. The molecular weight excluding hydrogens is 376 g/mol. The molecule has 0 saturated carbocycles. The van der Waals surface area contributed by atoms with Gasteiger partial charge in [-0.25, -0.2) is 0 Å². The minimum absolute atomic E-state index is 0.199. The molecule has 0 unspecified atom stereocenters. The Hall–Kier alpha value is -0.460. The van der Waals surface area contributed by atoms with Crippen molar-refractivity contribution in [1.82, 2.24) is 10.6 Å². The Bertz CT molecular complexity index is 504. The van der Waals surface area contributed by atoms with Crippen LogP contribution in [-0.4, -0.2) is 26.9 Å². The van der Waals surface area contributed by atoms with Gasteiger partial charge < -0.3 is 16.0 Å². The molecule has 1 atom stereocenters. The number of hydrogen-bond acceptors (Lipinski definition) is 2. The predicted octanol–water partition coefficient (Wildman–Crippen LogP) is 3.33. The third-order valence-electron chi connectivity index (χ3n) is 2.34. The highest BCUT2D eigenvalue weighted by Gasteiger charge is 2.34. The Balaban J connectivity index is 2.67. The quantitative estimate of drug-likeness (QED) is 0.420. The van der Waals surface area contributed by atoms with Crippen LogP contribution in [0.2, 0.25) is 0 Å². The second-order valence-corrected chi connectivity index (χ2v) is 7.18. The molecular formula is C12H13Cl4N3OS. The van der Waals surface area contributed by atoms with Crippen molar-refractivity contribution in [2.24, 2.45) is 0 Å². The van der Waals surface area contributed by atoms with Gasteiger partial charge in [-0.2, -0.15) is 0 Å². The van der Waals surface area contributed by atoms with Crippen LogP contribution in [0.1, 0.15) is 5.56 Å². The zero-order valence-electron chi connectivity index (χ0n) is 10.9. The van der Waals surface area contributed by atoms with Gasteiger partial charge in [0.25, 0.3) is 0 Å². The summed E-state index contributed by atoms with van der Waals surface area (Å²) >= 11 is 27.9. The van der Waals surface area contributed by atoms with Crippen molar-refractivity contribution in [2.75, 3.05) is 11.2 Å². The fraction of sp³-hybridized carbons (Fsp3) is 0.333. The molecule has 21 heavy (non-hydrogen) atoms. The first kappa shape index (κ1) is 18.6. The van der Waals surface area contributed by atoms with Crippen molar-refractivity contribution < 1.29 is 4.79 Å². The number of anilines is 1. The molecule has 0 aliphatic heterocycles. The lowest BCUT2D eigenvalue weighted by Crippen LogP contribution is -2.56. The fourth-order valence-corrected chi connectivity index (χ4v) is 1.97. The Kier molecular flexibility index (Phi) is 7.30. The van der Waals surface area contributed by atoms with Crippen LogP contribution in [-0.2, 0) is 4.79 Å². The van der Waals surface area contributed by atoms with E-state index in [1.54, 1.807) is 0 Å². The Morgan fingerprint density at radius 3 is 2.29 bits per heavy atom. The maximum atomic E-state index is 11.3. The fourth-order valence-electron chi connectivity index (χ4n) is 1.33. The lowest BCUT2D eigenvalue weighted by Gasteiger charge is -2.27. The van der Waals surface area contributed by atoms with Crippen LogP contribution >= 0.6 is 58.6 Å². The third kappa shape index (κ3) is 6.89. The van der Waals surface area contributed by atoms with E-state index in [1.165, 1.54) is 0 Å². The average Bonchev–Trinajstić information content (AvgIpc) is 2.39. The van der Waals surface area contributed by atoms with E-state index in [0.29, 0.717) is 0 Å². The zero-order valence-corrected chi connectivity index (χ0v) is 14.8. The van der Waals surface area contributed by atoms with Crippen LogP contribution in [0.5, 0.6) is 0 Å². The molecule has 1 amide bonds. The van der Waals surface area contributed by atoms with Crippen molar-refractivity contribution in [2.45, 2.75) is 16.9 Å². The van der Waals surface area contributed by atoms with Crippen molar-refractivity contribution in [3.8, 4) is 0 Å². The van der Waals surface area contributed by atoms with Crippen LogP contribution < -0.4 is 16.0 Å². The Morgan fingerprint density at radius 1 is 1.24 bits per heavy atom. The molecule has 0 heterocycles. The normalized spacial score (nSPS) is 12.4. The topological polar surface area (TPSA) is 53.2 Å². The van der Waals surface area contributed by atoms with Gasteiger partial charge in [0.05, 0.1) is 0 Å². The molecule has 0 spiro atoms. The standard InChI is InChI=1S/C12H13Cl4N3OS/c1-7-2-4-8(5-3-7)17-11(21)19-10(12(14,15)16)18-9(20)6-13/h2-5,10H,6H2,1H3,(H,18,20)(H2,17,19,21)/t10-/m0/s1. The van der Waals surface area contributed by atoms with Gasteiger partial charge in [-0.15, -0.1) is 11.6 Å². The van der Waals surface area contributed by atoms with E-state index in [-0.39, 0.29) is 11.0 Å². The maximum absolute atomic E-state index is 11.3. The van der Waals surface area contributed by atoms with Gasteiger partial charge in [-0.05, 0) is 31.3 Å². The highest BCUT2D eigenvalue weighted by Crippen LogP contribution is 2.29. The molecule has 0 radical (unpaired) electrons. The molecule has 0 saturated heterocycles. The Morgan fingerprint density at radius 2 is 1.81 bits per heavy atom. The van der Waals surface area contributed by atoms with E-state index >= 15 is 0 Å². The van der Waals surface area contributed by atoms with Gasteiger partial charge >= 0.3 is 0 Å². The van der Waals surface area contributed by atoms with E-state index in [2.05, 4.69) is 16.0 Å². The van der Waals surface area contributed by atoms with E-state index < -0.39 is 15.9 Å². The van der Waals surface area contributed by atoms with Gasteiger partial charge in [0.2, 0.25) is 9.70 Å². The highest BCUT2D eigenvalue weighted by atomic mass is 35.6. The zero-order chi connectivity index (χ0) is 16.0. The molecule has 4 nitrogen and oxygen atoms in total. The summed E-state index contributed by atoms with van der Waals surface area (Å²) in [6, 6.07) is 7.55. The molecule has 0 aliphatic rings. The number of carbonyl (C=O) groups excluding carboxylic acids is 1. The summed E-state index contributed by atoms with van der Waals surface area (Å²) in [5.74, 6) is -0.740. The Labute approximate surface area is 148 Å². The van der Waals surface area contributed by atoms with Crippen molar-refractivity contribution >= 4 is 75.3 Å². The van der Waals surface area contributed by atoms with Crippen LogP contribution in [0, 0.1) is 6.92 Å². The predicted molar refractivity (Wildman–Crippen MR) is 93.5 cm³/mol. The molecule has 116 valence electrons. The summed E-state index contributed by atoms with van der Waals surface area (Å²) in [4.78, 5) is 11.3. The minimum Gasteiger partial charge on any atom is -0.339 e. The maximum Gasteiger partial charge on any atom is 0.236 e. The first-order valence-electron chi connectivity index (χ1n) is 5.78. The average molecular weight is 389 g/mol. The number of halogens is 4. The van der Waals surface area contributed by atoms with Crippen molar-refractivity contribution in [3.05, 3.63) is 29.8 Å². The number of alkyl halides is 4. The lowest BCUT2D eigenvalue weighted by molar-refractivity contribution is -0.119. The van der Waals surface area contributed by atoms with Crippen LogP contribution in [0.4, 0.5) is 5.69 Å². The lowest BCUT2D eigenvalue weighted by atomic mass is 10.2. The van der Waals surface area contributed by atoms with Crippen LogP contribution in [0.25, 0.3) is 0 Å². The molecule has 0 bridgehead atoms. The summed E-state index contributed by atoms with van der Waals surface area (Å²) in [7, 11) is 0. The minimum atomic E-state index is -1.79. The van der Waals surface area contributed by atoms with Crippen LogP contribution in [0.15, 0.2) is 24.3 Å². The van der Waals surface area contributed by atoms with Crippen molar-refractivity contribution in [3.63, 3.8) is 0 Å². The van der Waals surface area contributed by atoms with Gasteiger partial charge in [0.1, 0.15) is 12.0 Å². The summed E-state index contributed by atoms with van der Waals surface area (Å²) in [6.45, 7) is 1.97. The van der Waals surface area contributed by atoms with Crippen molar-refractivity contribution in [1.29, 1.82) is 0 Å². The molecule has 9 heteroatoms. The van der Waals surface area contributed by atoms with Crippen LogP contribution in [0.3, 0.4) is 0 Å². The molecule has 0 aromatic heterocycles. The second kappa shape index (κ2) is 8.25. The van der Waals surface area contributed by atoms with Gasteiger partial charge in [0, 0.05) is 5.69 Å². The molecule has 3 N–H and O–H groups in total. The summed E-state index contributed by atoms with van der Waals surface area (Å²) in [6.07, 6.45) is -1.01. The monoisotopic (exact) mass is 387 g/mol. The highest BCUT2D eigenvalue weighted by molar-refractivity contribution is 7.80. The number of rotatable bonds is 4. The number of amides is 1. The van der Waals surface area contributed by atoms with E-state index in [0.717, 1.165) is 11.3 Å². The van der Waals surface area contributed by atoms with E-state index in [4.69, 9.17) is 58.6 Å². The molecule has 0 aliphatic carbocycles. The molecule has 1 aromatic rings. The van der Waals surface area contributed by atoms with E-state index in [1.807, 2.05) is 31.2 Å². The summed E-state index contributed by atoms with van der Waals surface area (Å²) in [5.41, 5.74) is 1.89. The first-order chi connectivity index (χ1) is 9.72. The second-order valence-electron chi connectivity index (χ2n) is 4.14. The smallest absolute Gasteiger partial charge is 0.236 e. The van der Waals surface area contributed by atoms with E-state index in [9.17, 15) is 4.79 Å². The SMILES string of the molecule is Cc1ccc(NC(=S)N[C@H](NC(=O)CCl)C(Cl)(Cl)Cl)cc1. The third-order valence-corrected chi connectivity index (χ3v) is 3.46. The number of aryl methyl sites for hydroxylation is 1. The number of hydrogen-bond donors (Lipinski definition) is 3. The first-order valence-corrected chi connectivity index (χ1v) is 7.86. The number of nitrogens with one attached hydrogen (secondary N) is 3. The number of thiocarbonyl (C=S) groups is 1. The molecule has 0 fully saturated rings. The summed E-state index contributed by atoms with van der Waals surface area (Å²) in [5, 5.41) is 8.27. The number of benzene rings is 1. The molecule has 1 rings (SSSR count). The largest absolute Gasteiger partial charge is 0.339 e. The van der Waals surface area contributed by atoms with Gasteiger partial charge in [-0.1, -0.05) is 52.5 Å². The van der Waals surface area contributed by atoms with Gasteiger partial charge in [-0.3, -0.25) is 4.79 Å². The summed E-state index contributed by atoms with van der Waals surface area (Å²) < 4.78 is -1.79. The number of carbonyl (C=O) groups is 1.